The van der Waals surface area contributed by atoms with Gasteiger partial charge >= 0.3 is 18.4 Å². The number of carboxylic acid groups (broad SMARTS) is 2. The Labute approximate surface area is 87.2 Å². The van der Waals surface area contributed by atoms with Crippen molar-refractivity contribution in [1.82, 2.24) is 4.90 Å². The number of alkyl halides is 3. The summed E-state index contributed by atoms with van der Waals surface area (Å²) in [5, 5.41) is 17.2. The molecule has 1 rings (SSSR count). The van der Waals surface area contributed by atoms with Crippen LogP contribution in [0.3, 0.4) is 0 Å². The first-order valence-electron chi connectivity index (χ1n) is 4.17. The number of aliphatic carboxylic acids is 1. The van der Waals surface area contributed by atoms with E-state index >= 15 is 0 Å². The first-order valence-corrected chi connectivity index (χ1v) is 4.17. The summed E-state index contributed by atoms with van der Waals surface area (Å²) < 4.78 is 39.1. The number of carbonyl (C=O) groups is 2. The van der Waals surface area contributed by atoms with Crippen molar-refractivity contribution < 1.29 is 37.7 Å². The predicted molar refractivity (Wildman–Crippen MR) is 41.7 cm³/mol. The Kier molecular flexibility index (Phi) is 3.27. The van der Waals surface area contributed by atoms with Crippen molar-refractivity contribution in [2.75, 3.05) is 6.54 Å². The Morgan fingerprint density at radius 3 is 2.19 bits per heavy atom. The van der Waals surface area contributed by atoms with Crippen molar-refractivity contribution in [2.24, 2.45) is 0 Å². The monoisotopic (exact) mass is 243 g/mol. The minimum absolute atomic E-state index is 0.415. The highest BCUT2D eigenvalue weighted by molar-refractivity contribution is 5.80. The maximum atomic E-state index is 11.8. The maximum Gasteiger partial charge on any atom is 0.522 e. The summed E-state index contributed by atoms with van der Waals surface area (Å²) in [7, 11) is 0. The Bertz CT molecular complexity index is 283. The molecule has 2 N–H and O–H groups in total. The second-order valence-corrected chi connectivity index (χ2v) is 3.21. The molecule has 0 saturated carbocycles. The molecule has 92 valence electrons. The molecule has 0 aromatic rings. The molecule has 1 heterocycles. The van der Waals surface area contributed by atoms with Crippen LogP contribution in [0.25, 0.3) is 0 Å². The summed E-state index contributed by atoms with van der Waals surface area (Å²) in [4.78, 5) is 21.6. The van der Waals surface area contributed by atoms with Crippen LogP contribution in [0.15, 0.2) is 0 Å². The lowest BCUT2D eigenvalue weighted by Gasteiger charge is -2.16. The van der Waals surface area contributed by atoms with E-state index in [4.69, 9.17) is 10.2 Å². The third-order valence-corrected chi connectivity index (χ3v) is 2.09. The molecule has 6 nitrogen and oxygen atoms in total. The molecular formula is C7H8F3NO5. The summed E-state index contributed by atoms with van der Waals surface area (Å²) in [6.45, 7) is -0.605. The zero-order chi connectivity index (χ0) is 12.5. The summed E-state index contributed by atoms with van der Waals surface area (Å²) >= 11 is 0. The van der Waals surface area contributed by atoms with E-state index in [1.165, 1.54) is 0 Å². The fourth-order valence-electron chi connectivity index (χ4n) is 1.52. The van der Waals surface area contributed by atoms with Gasteiger partial charge in [0, 0.05) is 6.42 Å². The van der Waals surface area contributed by atoms with Gasteiger partial charge in [-0.1, -0.05) is 0 Å². The topological polar surface area (TPSA) is 87.1 Å². The number of carboxylic acids is 1. The van der Waals surface area contributed by atoms with Gasteiger partial charge in [-0.2, -0.15) is 0 Å². The van der Waals surface area contributed by atoms with Crippen LogP contribution in [0.4, 0.5) is 18.0 Å². The average molecular weight is 243 g/mol. The lowest BCUT2D eigenvalue weighted by atomic mass is 10.2. The molecule has 0 bridgehead atoms. The van der Waals surface area contributed by atoms with E-state index < -0.39 is 43.5 Å². The second-order valence-electron chi connectivity index (χ2n) is 3.21. The summed E-state index contributed by atoms with van der Waals surface area (Å²) in [5.41, 5.74) is 0. The maximum absolute atomic E-state index is 11.8. The van der Waals surface area contributed by atoms with E-state index in [2.05, 4.69) is 4.74 Å². The number of hydrogen-bond donors (Lipinski definition) is 2. The average Bonchev–Trinajstić information content (AvgIpc) is 2.44. The second kappa shape index (κ2) is 4.16. The van der Waals surface area contributed by atoms with E-state index in [1.807, 2.05) is 0 Å². The SMILES string of the molecule is O=C(O)[C@@H]1C[C@@H](OC(F)(F)F)CN1C(=O)O. The molecule has 0 radical (unpaired) electrons. The standard InChI is InChI=1S/C7H8F3NO5/c8-7(9,10)16-3-1-4(5(12)13)11(2-3)6(14)15/h3-4H,1-2H2,(H,12,13)(H,14,15)/t3-,4+/m1/s1. The van der Waals surface area contributed by atoms with Gasteiger partial charge in [0.25, 0.3) is 0 Å². The molecule has 1 saturated heterocycles. The molecule has 0 spiro atoms. The van der Waals surface area contributed by atoms with Gasteiger partial charge in [-0.15, -0.1) is 13.2 Å². The third-order valence-electron chi connectivity index (χ3n) is 2.09. The van der Waals surface area contributed by atoms with Crippen molar-refractivity contribution in [2.45, 2.75) is 24.9 Å². The van der Waals surface area contributed by atoms with Gasteiger partial charge in [0.05, 0.1) is 12.6 Å². The number of likely N-dealkylation sites (tertiary alicyclic amines) is 1. The van der Waals surface area contributed by atoms with E-state index in [1.54, 1.807) is 0 Å². The quantitative estimate of drug-likeness (QED) is 0.746. The van der Waals surface area contributed by atoms with Crippen LogP contribution in [-0.4, -0.2) is 52.2 Å². The minimum atomic E-state index is -4.90. The molecule has 0 aromatic carbocycles. The van der Waals surface area contributed by atoms with E-state index in [0.29, 0.717) is 4.90 Å². The van der Waals surface area contributed by atoms with Crippen LogP contribution < -0.4 is 0 Å². The number of rotatable bonds is 2. The molecule has 0 unspecified atom stereocenters. The number of hydrogen-bond acceptors (Lipinski definition) is 3. The van der Waals surface area contributed by atoms with Crippen LogP contribution in [0.1, 0.15) is 6.42 Å². The summed E-state index contributed by atoms with van der Waals surface area (Å²) in [5.74, 6) is -1.49. The Hall–Kier alpha value is -1.51. The van der Waals surface area contributed by atoms with Crippen molar-refractivity contribution >= 4 is 12.1 Å². The number of halogens is 3. The smallest absolute Gasteiger partial charge is 0.480 e. The Morgan fingerprint density at radius 2 is 1.88 bits per heavy atom. The highest BCUT2D eigenvalue weighted by Crippen LogP contribution is 2.27. The first kappa shape index (κ1) is 12.6. The van der Waals surface area contributed by atoms with E-state index in [-0.39, 0.29) is 0 Å². The van der Waals surface area contributed by atoms with Gasteiger partial charge in [0.2, 0.25) is 0 Å². The highest BCUT2D eigenvalue weighted by atomic mass is 19.4. The predicted octanol–water partition coefficient (Wildman–Crippen LogP) is 0.728. The largest absolute Gasteiger partial charge is 0.522 e. The molecule has 1 fully saturated rings. The molecule has 9 heteroatoms. The molecule has 1 aliphatic heterocycles. The van der Waals surface area contributed by atoms with Gasteiger partial charge in [-0.25, -0.2) is 9.59 Å². The number of amides is 1. The summed E-state index contributed by atoms with van der Waals surface area (Å²) in [6, 6.07) is -1.50. The molecule has 0 aromatic heterocycles. The lowest BCUT2D eigenvalue weighted by molar-refractivity contribution is -0.340. The van der Waals surface area contributed by atoms with Crippen molar-refractivity contribution in [3.63, 3.8) is 0 Å². The van der Waals surface area contributed by atoms with E-state index in [9.17, 15) is 22.8 Å². The van der Waals surface area contributed by atoms with Crippen LogP contribution in [0, 0.1) is 0 Å². The van der Waals surface area contributed by atoms with Crippen LogP contribution in [-0.2, 0) is 9.53 Å². The first-order chi connectivity index (χ1) is 7.20. The lowest BCUT2D eigenvalue weighted by Crippen LogP contribution is -2.39. The van der Waals surface area contributed by atoms with Crippen LogP contribution in [0.2, 0.25) is 0 Å². The number of nitrogens with zero attached hydrogens (tertiary/aromatic N) is 1. The molecule has 1 amide bonds. The van der Waals surface area contributed by atoms with Crippen molar-refractivity contribution in [3.8, 4) is 0 Å². The minimum Gasteiger partial charge on any atom is -0.480 e. The Morgan fingerprint density at radius 1 is 1.31 bits per heavy atom. The van der Waals surface area contributed by atoms with Gasteiger partial charge in [0.15, 0.2) is 0 Å². The fraction of sp³-hybridized carbons (Fsp3) is 0.714. The van der Waals surface area contributed by atoms with Crippen LogP contribution >= 0.6 is 0 Å². The third kappa shape index (κ3) is 2.99. The Balaban J connectivity index is 2.69. The molecule has 2 atom stereocenters. The van der Waals surface area contributed by atoms with Gasteiger partial charge in [-0.3, -0.25) is 9.64 Å². The zero-order valence-corrected chi connectivity index (χ0v) is 7.77. The van der Waals surface area contributed by atoms with Crippen molar-refractivity contribution in [3.05, 3.63) is 0 Å². The summed E-state index contributed by atoms with van der Waals surface area (Å²) in [6.07, 6.45) is -8.47. The molecule has 1 aliphatic rings. The van der Waals surface area contributed by atoms with Gasteiger partial charge in [-0.05, 0) is 0 Å². The van der Waals surface area contributed by atoms with Crippen LogP contribution in [0.5, 0.6) is 0 Å². The van der Waals surface area contributed by atoms with E-state index in [0.717, 1.165) is 0 Å². The molecule has 16 heavy (non-hydrogen) atoms. The normalized spacial score (nSPS) is 25.8. The zero-order valence-electron chi connectivity index (χ0n) is 7.77. The fourth-order valence-corrected chi connectivity index (χ4v) is 1.52. The van der Waals surface area contributed by atoms with Gasteiger partial charge < -0.3 is 10.2 Å². The number of ether oxygens (including phenoxy) is 1. The highest BCUT2D eigenvalue weighted by Gasteiger charge is 2.44. The molecular weight excluding hydrogens is 235 g/mol. The van der Waals surface area contributed by atoms with Crippen molar-refractivity contribution in [1.29, 1.82) is 0 Å². The molecule has 0 aliphatic carbocycles. The van der Waals surface area contributed by atoms with Gasteiger partial charge in [0.1, 0.15) is 6.04 Å².